The van der Waals surface area contributed by atoms with Crippen LogP contribution in [0.15, 0.2) is 35.7 Å². The molecule has 0 fully saturated rings. The molecule has 0 unspecified atom stereocenters. The summed E-state index contributed by atoms with van der Waals surface area (Å²) < 4.78 is 5.29. The molecule has 0 aliphatic carbocycles. The smallest absolute Gasteiger partial charge is 0.262 e. The van der Waals surface area contributed by atoms with Crippen LogP contribution in [0.2, 0.25) is 5.02 Å². The maximum atomic E-state index is 11.7. The molecule has 1 heterocycles. The van der Waals surface area contributed by atoms with Crippen LogP contribution in [0.3, 0.4) is 0 Å². The number of hydrogen-bond acceptors (Lipinski definition) is 4. The number of amides is 2. The first-order valence-corrected chi connectivity index (χ1v) is 6.87. The Morgan fingerprint density at radius 1 is 1.25 bits per heavy atom. The van der Waals surface area contributed by atoms with Crippen molar-refractivity contribution in [3.8, 4) is 5.75 Å². The van der Waals surface area contributed by atoms with Gasteiger partial charge >= 0.3 is 0 Å². The molecule has 7 heteroatoms. The van der Waals surface area contributed by atoms with Gasteiger partial charge in [-0.15, -0.1) is 11.3 Å². The van der Waals surface area contributed by atoms with Crippen LogP contribution in [0.25, 0.3) is 0 Å². The van der Waals surface area contributed by atoms with Crippen molar-refractivity contribution in [2.75, 3.05) is 11.9 Å². The van der Waals surface area contributed by atoms with Gasteiger partial charge in [0, 0.05) is 5.02 Å². The summed E-state index contributed by atoms with van der Waals surface area (Å²) in [6.07, 6.45) is 0. The Balaban J connectivity index is 1.91. The van der Waals surface area contributed by atoms with Crippen molar-refractivity contribution in [3.63, 3.8) is 0 Å². The molecule has 5 nitrogen and oxygen atoms in total. The molecule has 0 spiro atoms. The lowest BCUT2D eigenvalue weighted by Crippen LogP contribution is -2.21. The van der Waals surface area contributed by atoms with Gasteiger partial charge in [-0.1, -0.05) is 11.6 Å². The Morgan fingerprint density at radius 3 is 2.60 bits per heavy atom. The fourth-order valence-electron chi connectivity index (χ4n) is 1.44. The van der Waals surface area contributed by atoms with E-state index in [-0.39, 0.29) is 18.1 Å². The maximum absolute atomic E-state index is 11.7. The van der Waals surface area contributed by atoms with E-state index in [1.807, 2.05) is 0 Å². The van der Waals surface area contributed by atoms with Crippen LogP contribution in [-0.2, 0) is 4.79 Å². The van der Waals surface area contributed by atoms with Gasteiger partial charge in [0.15, 0.2) is 6.61 Å². The van der Waals surface area contributed by atoms with Crippen molar-refractivity contribution in [1.82, 2.24) is 0 Å². The van der Waals surface area contributed by atoms with Crippen molar-refractivity contribution < 1.29 is 14.3 Å². The maximum Gasteiger partial charge on any atom is 0.262 e. The van der Waals surface area contributed by atoms with Crippen LogP contribution in [0.4, 0.5) is 5.00 Å². The number of thiophene rings is 1. The standard InChI is InChI=1S/C13H11ClN2O3S/c14-8-1-3-9(4-2-8)19-7-11(17)16-13-10(12(15)18)5-6-20-13/h1-6H,7H2,(H2,15,18)(H,16,17). The van der Waals surface area contributed by atoms with Crippen molar-refractivity contribution >= 4 is 39.8 Å². The van der Waals surface area contributed by atoms with Gasteiger partial charge in [-0.05, 0) is 35.7 Å². The third kappa shape index (κ3) is 3.72. The number of carbonyl (C=O) groups is 2. The van der Waals surface area contributed by atoms with Crippen molar-refractivity contribution in [1.29, 1.82) is 0 Å². The topological polar surface area (TPSA) is 81.4 Å². The van der Waals surface area contributed by atoms with Crippen LogP contribution in [0.1, 0.15) is 10.4 Å². The molecule has 1 aromatic heterocycles. The highest BCUT2D eigenvalue weighted by Crippen LogP contribution is 2.22. The zero-order chi connectivity index (χ0) is 14.5. The van der Waals surface area contributed by atoms with Gasteiger partial charge in [-0.25, -0.2) is 0 Å². The molecule has 0 bridgehead atoms. The molecule has 2 amide bonds. The van der Waals surface area contributed by atoms with Gasteiger partial charge in [-0.3, -0.25) is 9.59 Å². The van der Waals surface area contributed by atoms with Gasteiger partial charge < -0.3 is 15.8 Å². The monoisotopic (exact) mass is 310 g/mol. The molecule has 0 aliphatic heterocycles. The molecular formula is C13H11ClN2O3S. The van der Waals surface area contributed by atoms with E-state index in [2.05, 4.69) is 5.32 Å². The minimum absolute atomic E-state index is 0.169. The van der Waals surface area contributed by atoms with Crippen LogP contribution in [0.5, 0.6) is 5.75 Å². The second-order valence-corrected chi connectivity index (χ2v) is 5.17. The molecule has 3 N–H and O–H groups in total. The van der Waals surface area contributed by atoms with Crippen molar-refractivity contribution in [2.24, 2.45) is 5.73 Å². The van der Waals surface area contributed by atoms with E-state index in [0.717, 1.165) is 0 Å². The quantitative estimate of drug-likeness (QED) is 0.890. The molecule has 104 valence electrons. The molecule has 0 saturated heterocycles. The third-order valence-electron chi connectivity index (χ3n) is 2.37. The van der Waals surface area contributed by atoms with Crippen LogP contribution in [-0.4, -0.2) is 18.4 Å². The van der Waals surface area contributed by atoms with Gasteiger partial charge in [0.05, 0.1) is 5.56 Å². The number of rotatable bonds is 5. The average molecular weight is 311 g/mol. The van der Waals surface area contributed by atoms with Gasteiger partial charge in [0.1, 0.15) is 10.8 Å². The number of nitrogens with one attached hydrogen (secondary N) is 1. The Bertz CT molecular complexity index is 625. The van der Waals surface area contributed by atoms with Gasteiger partial charge in [-0.2, -0.15) is 0 Å². The number of hydrogen-bond donors (Lipinski definition) is 2. The average Bonchev–Trinajstić information content (AvgIpc) is 2.86. The first-order valence-electron chi connectivity index (χ1n) is 5.62. The summed E-state index contributed by atoms with van der Waals surface area (Å²) in [6.45, 7) is -0.169. The molecule has 0 aliphatic rings. The van der Waals surface area contributed by atoms with Crippen molar-refractivity contribution in [3.05, 3.63) is 46.3 Å². The highest BCUT2D eigenvalue weighted by atomic mass is 35.5. The Morgan fingerprint density at radius 2 is 1.95 bits per heavy atom. The molecule has 20 heavy (non-hydrogen) atoms. The number of halogens is 1. The zero-order valence-electron chi connectivity index (χ0n) is 10.3. The lowest BCUT2D eigenvalue weighted by atomic mass is 10.3. The second kappa shape index (κ2) is 6.40. The Hall–Kier alpha value is -2.05. The molecule has 1 aromatic carbocycles. The fourth-order valence-corrected chi connectivity index (χ4v) is 2.38. The molecule has 2 aromatic rings. The first-order chi connectivity index (χ1) is 9.56. The van der Waals surface area contributed by atoms with E-state index < -0.39 is 5.91 Å². The summed E-state index contributed by atoms with van der Waals surface area (Å²) in [5, 5.41) is 5.27. The molecule has 2 rings (SSSR count). The number of ether oxygens (including phenoxy) is 1. The zero-order valence-corrected chi connectivity index (χ0v) is 11.8. The first kappa shape index (κ1) is 14.4. The van der Waals surface area contributed by atoms with Gasteiger partial charge in [0.25, 0.3) is 11.8 Å². The van der Waals surface area contributed by atoms with E-state index >= 15 is 0 Å². The lowest BCUT2D eigenvalue weighted by molar-refractivity contribution is -0.118. The predicted octanol–water partition coefficient (Wildman–Crippen LogP) is 2.52. The number of carbonyl (C=O) groups excluding carboxylic acids is 2. The van der Waals surface area contributed by atoms with E-state index in [0.29, 0.717) is 15.8 Å². The largest absolute Gasteiger partial charge is 0.484 e. The summed E-state index contributed by atoms with van der Waals surface area (Å²) in [5.41, 5.74) is 5.47. The second-order valence-electron chi connectivity index (χ2n) is 3.82. The molecular weight excluding hydrogens is 300 g/mol. The van der Waals surface area contributed by atoms with E-state index in [9.17, 15) is 9.59 Å². The normalized spacial score (nSPS) is 10.1. The summed E-state index contributed by atoms with van der Waals surface area (Å²) >= 11 is 6.96. The molecule has 0 radical (unpaired) electrons. The van der Waals surface area contributed by atoms with Gasteiger partial charge in [0.2, 0.25) is 0 Å². The van der Waals surface area contributed by atoms with Crippen LogP contribution in [0, 0.1) is 0 Å². The number of nitrogens with two attached hydrogens (primary N) is 1. The minimum Gasteiger partial charge on any atom is -0.484 e. The highest BCUT2D eigenvalue weighted by molar-refractivity contribution is 7.14. The SMILES string of the molecule is NC(=O)c1ccsc1NC(=O)COc1ccc(Cl)cc1. The van der Waals surface area contributed by atoms with E-state index in [1.165, 1.54) is 11.3 Å². The summed E-state index contributed by atoms with van der Waals surface area (Å²) in [4.78, 5) is 22.8. The third-order valence-corrected chi connectivity index (χ3v) is 3.45. The molecule has 0 saturated carbocycles. The minimum atomic E-state index is -0.583. The predicted molar refractivity (Wildman–Crippen MR) is 78.4 cm³/mol. The van der Waals surface area contributed by atoms with E-state index in [1.54, 1.807) is 35.7 Å². The highest BCUT2D eigenvalue weighted by Gasteiger charge is 2.12. The summed E-state index contributed by atoms with van der Waals surface area (Å²) in [7, 11) is 0. The summed E-state index contributed by atoms with van der Waals surface area (Å²) in [6, 6.07) is 8.21. The Kier molecular flexibility index (Phi) is 4.60. The number of benzene rings is 1. The number of anilines is 1. The molecule has 0 atom stereocenters. The van der Waals surface area contributed by atoms with Crippen LogP contribution < -0.4 is 15.8 Å². The summed E-state index contributed by atoms with van der Waals surface area (Å²) in [5.74, 6) is -0.420. The van der Waals surface area contributed by atoms with Crippen LogP contribution >= 0.6 is 22.9 Å². The van der Waals surface area contributed by atoms with Crippen molar-refractivity contribution in [2.45, 2.75) is 0 Å². The van der Waals surface area contributed by atoms with E-state index in [4.69, 9.17) is 22.1 Å². The lowest BCUT2D eigenvalue weighted by Gasteiger charge is -2.07. The number of primary amides is 1. The Labute approximate surface area is 124 Å². The fraction of sp³-hybridized carbons (Fsp3) is 0.0769.